The zero-order chi connectivity index (χ0) is 10.6. The van der Waals surface area contributed by atoms with Crippen LogP contribution in [-0.4, -0.2) is 16.5 Å². The van der Waals surface area contributed by atoms with Gasteiger partial charge in [0.25, 0.3) is 0 Å². The van der Waals surface area contributed by atoms with Crippen molar-refractivity contribution in [3.8, 4) is 0 Å². The van der Waals surface area contributed by atoms with E-state index in [9.17, 15) is 0 Å². The summed E-state index contributed by atoms with van der Waals surface area (Å²) < 4.78 is 0. The molecule has 1 aromatic rings. The fraction of sp³-hybridized carbons (Fsp3) is 0.600. The molecule has 3 N–H and O–H groups in total. The van der Waals surface area contributed by atoms with Crippen LogP contribution in [-0.2, 0) is 0 Å². The lowest BCUT2D eigenvalue weighted by molar-refractivity contribution is 0.389. The topological polar surface area (TPSA) is 63.8 Å². The molecule has 0 aromatic carbocycles. The third kappa shape index (κ3) is 3.60. The minimum absolute atomic E-state index is 0.328. The highest BCUT2D eigenvalue weighted by molar-refractivity contribution is 5.58. The van der Waals surface area contributed by atoms with E-state index in [0.29, 0.717) is 11.1 Å². The molecule has 0 saturated carbocycles. The largest absolute Gasteiger partial charge is 0.394 e. The van der Waals surface area contributed by atoms with Crippen molar-refractivity contribution < 1.29 is 0 Å². The van der Waals surface area contributed by atoms with Gasteiger partial charge in [0.2, 0.25) is 0 Å². The van der Waals surface area contributed by atoms with Crippen molar-refractivity contribution in [2.45, 2.75) is 27.2 Å². The second-order valence-electron chi connectivity index (χ2n) is 4.56. The lowest BCUT2D eigenvalue weighted by Gasteiger charge is -2.18. The molecule has 0 atom stereocenters. The van der Waals surface area contributed by atoms with Gasteiger partial charge in [0.1, 0.15) is 6.33 Å². The number of hydrogen-bond acceptors (Lipinski definition) is 4. The van der Waals surface area contributed by atoms with E-state index in [1.807, 2.05) is 0 Å². The Morgan fingerprint density at radius 1 is 1.43 bits per heavy atom. The average Bonchev–Trinajstić information content (AvgIpc) is 2.06. The first kappa shape index (κ1) is 10.8. The summed E-state index contributed by atoms with van der Waals surface area (Å²) in [7, 11) is 0. The van der Waals surface area contributed by atoms with Crippen molar-refractivity contribution in [1.29, 1.82) is 0 Å². The predicted molar refractivity (Wildman–Crippen MR) is 59.0 cm³/mol. The summed E-state index contributed by atoms with van der Waals surface area (Å²) in [5.41, 5.74) is 6.61. The minimum atomic E-state index is 0.328. The number of nitrogens with zero attached hydrogens (tertiary/aromatic N) is 2. The van der Waals surface area contributed by atoms with Crippen molar-refractivity contribution >= 4 is 11.5 Å². The van der Waals surface area contributed by atoms with E-state index in [1.54, 1.807) is 6.20 Å². The molecule has 4 nitrogen and oxygen atoms in total. The zero-order valence-electron chi connectivity index (χ0n) is 9.04. The summed E-state index contributed by atoms with van der Waals surface area (Å²) in [4.78, 5) is 7.88. The number of nitrogen functional groups attached to an aromatic ring is 1. The van der Waals surface area contributed by atoms with Crippen LogP contribution >= 0.6 is 0 Å². The Kier molecular flexibility index (Phi) is 3.28. The van der Waals surface area contributed by atoms with Crippen LogP contribution in [0.15, 0.2) is 12.5 Å². The van der Waals surface area contributed by atoms with Crippen molar-refractivity contribution in [2.24, 2.45) is 5.41 Å². The Morgan fingerprint density at radius 3 is 2.71 bits per heavy atom. The van der Waals surface area contributed by atoms with Crippen LogP contribution in [0.2, 0.25) is 0 Å². The van der Waals surface area contributed by atoms with Crippen LogP contribution < -0.4 is 11.1 Å². The summed E-state index contributed by atoms with van der Waals surface area (Å²) in [6.45, 7) is 7.50. The molecule has 0 radical (unpaired) electrons. The van der Waals surface area contributed by atoms with Crippen LogP contribution in [0.25, 0.3) is 0 Å². The van der Waals surface area contributed by atoms with Crippen LogP contribution in [0.4, 0.5) is 11.5 Å². The third-order valence-corrected chi connectivity index (χ3v) is 1.91. The Morgan fingerprint density at radius 2 is 2.14 bits per heavy atom. The Labute approximate surface area is 85.0 Å². The number of anilines is 2. The van der Waals surface area contributed by atoms with Crippen molar-refractivity contribution in [3.63, 3.8) is 0 Å². The monoisotopic (exact) mass is 194 g/mol. The van der Waals surface area contributed by atoms with Gasteiger partial charge in [-0.3, -0.25) is 0 Å². The molecule has 0 unspecified atom stereocenters. The highest BCUT2D eigenvalue weighted by Crippen LogP contribution is 2.19. The molecule has 0 aliphatic heterocycles. The van der Waals surface area contributed by atoms with Gasteiger partial charge in [0.05, 0.1) is 11.9 Å². The van der Waals surface area contributed by atoms with E-state index in [0.717, 1.165) is 18.8 Å². The summed E-state index contributed by atoms with van der Waals surface area (Å²) >= 11 is 0. The molecule has 78 valence electrons. The minimum Gasteiger partial charge on any atom is -0.394 e. The van der Waals surface area contributed by atoms with Gasteiger partial charge < -0.3 is 11.1 Å². The number of nitrogens with two attached hydrogens (primary N) is 1. The quantitative estimate of drug-likeness (QED) is 0.771. The second kappa shape index (κ2) is 4.26. The van der Waals surface area contributed by atoms with Gasteiger partial charge in [-0.05, 0) is 11.8 Å². The predicted octanol–water partition coefficient (Wildman–Crippen LogP) is 1.91. The van der Waals surface area contributed by atoms with Gasteiger partial charge in [0.15, 0.2) is 5.82 Å². The highest BCUT2D eigenvalue weighted by Gasteiger charge is 2.09. The van der Waals surface area contributed by atoms with Gasteiger partial charge in [-0.2, -0.15) is 0 Å². The molecule has 0 aliphatic carbocycles. The average molecular weight is 194 g/mol. The first-order chi connectivity index (χ1) is 6.49. The van der Waals surface area contributed by atoms with E-state index in [4.69, 9.17) is 5.73 Å². The third-order valence-electron chi connectivity index (χ3n) is 1.91. The van der Waals surface area contributed by atoms with Gasteiger partial charge in [-0.25, -0.2) is 9.97 Å². The fourth-order valence-electron chi connectivity index (χ4n) is 1.04. The Bertz CT molecular complexity index is 290. The fourth-order valence-corrected chi connectivity index (χ4v) is 1.04. The smallest absolute Gasteiger partial charge is 0.152 e. The summed E-state index contributed by atoms with van der Waals surface area (Å²) in [6.07, 6.45) is 4.18. The van der Waals surface area contributed by atoms with Crippen molar-refractivity contribution in [1.82, 2.24) is 9.97 Å². The van der Waals surface area contributed by atoms with Crippen LogP contribution in [0.1, 0.15) is 27.2 Å². The van der Waals surface area contributed by atoms with E-state index < -0.39 is 0 Å². The molecule has 14 heavy (non-hydrogen) atoms. The maximum absolute atomic E-state index is 5.68. The molecule has 4 heteroatoms. The molecular formula is C10H18N4. The summed E-state index contributed by atoms with van der Waals surface area (Å²) in [6, 6.07) is 0. The SMILES string of the molecule is CC(C)(C)CCNc1ncncc1N. The molecule has 0 amide bonds. The maximum Gasteiger partial charge on any atom is 0.152 e. The molecule has 0 saturated heterocycles. The number of hydrogen-bond donors (Lipinski definition) is 2. The van der Waals surface area contributed by atoms with Crippen molar-refractivity contribution in [2.75, 3.05) is 17.6 Å². The van der Waals surface area contributed by atoms with Crippen LogP contribution in [0, 0.1) is 5.41 Å². The summed E-state index contributed by atoms with van der Waals surface area (Å²) in [5, 5.41) is 3.19. The van der Waals surface area contributed by atoms with Gasteiger partial charge in [-0.15, -0.1) is 0 Å². The van der Waals surface area contributed by atoms with Gasteiger partial charge in [-0.1, -0.05) is 20.8 Å². The molecule has 0 aliphatic rings. The molecule has 0 fully saturated rings. The van der Waals surface area contributed by atoms with Gasteiger partial charge >= 0.3 is 0 Å². The molecule has 0 spiro atoms. The van der Waals surface area contributed by atoms with Crippen LogP contribution in [0.3, 0.4) is 0 Å². The summed E-state index contributed by atoms with van der Waals surface area (Å²) in [5.74, 6) is 0.726. The van der Waals surface area contributed by atoms with E-state index in [-0.39, 0.29) is 0 Å². The molecule has 1 aromatic heterocycles. The molecule has 0 bridgehead atoms. The second-order valence-corrected chi connectivity index (χ2v) is 4.56. The van der Waals surface area contributed by atoms with Gasteiger partial charge in [0, 0.05) is 6.54 Å². The molecule has 1 rings (SSSR count). The normalized spacial score (nSPS) is 11.4. The molecular weight excluding hydrogens is 176 g/mol. The Hall–Kier alpha value is -1.32. The Balaban J connectivity index is 2.43. The number of aromatic nitrogens is 2. The lowest BCUT2D eigenvalue weighted by atomic mass is 9.92. The zero-order valence-corrected chi connectivity index (χ0v) is 9.04. The maximum atomic E-state index is 5.68. The van der Waals surface area contributed by atoms with Crippen molar-refractivity contribution in [3.05, 3.63) is 12.5 Å². The first-order valence-electron chi connectivity index (χ1n) is 4.78. The first-order valence-corrected chi connectivity index (χ1v) is 4.78. The molecule has 1 heterocycles. The van der Waals surface area contributed by atoms with E-state index in [1.165, 1.54) is 6.33 Å². The number of rotatable bonds is 3. The number of nitrogens with one attached hydrogen (secondary N) is 1. The standard InChI is InChI=1S/C10H18N4/c1-10(2,3)4-5-13-9-8(11)6-12-7-14-9/h6-7H,4-5,11H2,1-3H3,(H,12,13,14). The van der Waals surface area contributed by atoms with E-state index >= 15 is 0 Å². The lowest BCUT2D eigenvalue weighted by Crippen LogP contribution is -2.14. The van der Waals surface area contributed by atoms with Crippen LogP contribution in [0.5, 0.6) is 0 Å². The highest BCUT2D eigenvalue weighted by atomic mass is 15.0. The van der Waals surface area contributed by atoms with E-state index in [2.05, 4.69) is 36.1 Å².